The molecule has 0 aliphatic carbocycles. The van der Waals surface area contributed by atoms with E-state index in [0.717, 1.165) is 32.1 Å². The van der Waals surface area contributed by atoms with Crippen molar-refractivity contribution in [3.63, 3.8) is 0 Å². The average molecular weight is 625 g/mol. The third-order valence-electron chi connectivity index (χ3n) is 8.44. The van der Waals surface area contributed by atoms with Crippen molar-refractivity contribution in [1.29, 1.82) is 0 Å². The van der Waals surface area contributed by atoms with E-state index in [1.807, 2.05) is 0 Å². The summed E-state index contributed by atoms with van der Waals surface area (Å²) in [6.45, 7) is 4.10. The first kappa shape index (κ1) is 39.8. The third-order valence-corrected chi connectivity index (χ3v) is 8.44. The van der Waals surface area contributed by atoms with Crippen molar-refractivity contribution < 1.29 is 38.8 Å². The van der Waals surface area contributed by atoms with E-state index in [2.05, 4.69) is 13.8 Å². The van der Waals surface area contributed by atoms with E-state index in [1.165, 1.54) is 109 Å². The minimum Gasteiger partial charge on any atom is -0.505 e. The number of hydrogen-bond donors (Lipinski definition) is 2. The Bertz CT molecular complexity index is 793. The third kappa shape index (κ3) is 19.9. The lowest BCUT2D eigenvalue weighted by Gasteiger charge is -2.22. The lowest BCUT2D eigenvalue weighted by molar-refractivity contribution is -0.171. The van der Waals surface area contributed by atoms with Gasteiger partial charge >= 0.3 is 17.9 Å². The minimum absolute atomic E-state index is 0.178. The quantitative estimate of drug-likeness (QED) is 0.0460. The van der Waals surface area contributed by atoms with E-state index in [1.54, 1.807) is 0 Å². The molecule has 1 aliphatic heterocycles. The van der Waals surface area contributed by atoms with Gasteiger partial charge in [-0.3, -0.25) is 9.59 Å². The Labute approximate surface area is 267 Å². The van der Waals surface area contributed by atoms with Crippen LogP contribution in [-0.4, -0.2) is 46.9 Å². The number of carbonyl (C=O) groups is 3. The fraction of sp³-hybridized carbons (Fsp3) is 0.861. The number of ether oxygens (including phenoxy) is 3. The maximum absolute atomic E-state index is 12.5. The Balaban J connectivity index is 2.25. The highest BCUT2D eigenvalue weighted by Gasteiger charge is 2.42. The number of hydrogen-bond acceptors (Lipinski definition) is 8. The zero-order valence-electron chi connectivity index (χ0n) is 28.1. The van der Waals surface area contributed by atoms with Crippen LogP contribution in [0.2, 0.25) is 0 Å². The minimum atomic E-state index is -1.40. The molecule has 0 amide bonds. The van der Waals surface area contributed by atoms with Crippen molar-refractivity contribution in [2.24, 2.45) is 0 Å². The van der Waals surface area contributed by atoms with Crippen LogP contribution >= 0.6 is 0 Å². The lowest BCUT2D eigenvalue weighted by Crippen LogP contribution is -2.38. The molecule has 44 heavy (non-hydrogen) atoms. The van der Waals surface area contributed by atoms with Gasteiger partial charge in [-0.25, -0.2) is 4.79 Å². The molecule has 2 atom stereocenters. The van der Waals surface area contributed by atoms with Crippen molar-refractivity contribution in [2.75, 3.05) is 6.61 Å². The van der Waals surface area contributed by atoms with Gasteiger partial charge in [0.1, 0.15) is 6.61 Å². The second kappa shape index (κ2) is 27.1. The molecule has 0 bridgehead atoms. The largest absolute Gasteiger partial charge is 0.505 e. The smallest absolute Gasteiger partial charge is 0.378 e. The van der Waals surface area contributed by atoms with Crippen LogP contribution in [0.3, 0.4) is 0 Å². The van der Waals surface area contributed by atoms with Gasteiger partial charge in [-0.15, -0.1) is 0 Å². The molecule has 0 spiro atoms. The zero-order chi connectivity index (χ0) is 32.3. The summed E-state index contributed by atoms with van der Waals surface area (Å²) in [6.07, 6.45) is 26.3. The van der Waals surface area contributed by atoms with Gasteiger partial charge in [-0.2, -0.15) is 0 Å². The highest BCUT2D eigenvalue weighted by Crippen LogP contribution is 2.24. The Morgan fingerprint density at radius 2 is 0.977 bits per heavy atom. The predicted octanol–water partition coefficient (Wildman–Crippen LogP) is 9.88. The summed E-state index contributed by atoms with van der Waals surface area (Å²) >= 11 is 0. The Morgan fingerprint density at radius 1 is 0.614 bits per heavy atom. The lowest BCUT2D eigenvalue weighted by atomic mass is 10.0. The van der Waals surface area contributed by atoms with Gasteiger partial charge in [-0.1, -0.05) is 155 Å². The molecule has 0 saturated carbocycles. The van der Waals surface area contributed by atoms with E-state index < -0.39 is 41.6 Å². The van der Waals surface area contributed by atoms with E-state index >= 15 is 0 Å². The summed E-state index contributed by atoms with van der Waals surface area (Å²) in [5, 5.41) is 19.9. The summed E-state index contributed by atoms with van der Waals surface area (Å²) in [7, 11) is 0. The van der Waals surface area contributed by atoms with Crippen molar-refractivity contribution in [1.82, 2.24) is 0 Å². The molecular formula is C36H64O8. The van der Waals surface area contributed by atoms with E-state index in [0.29, 0.717) is 12.8 Å². The summed E-state index contributed by atoms with van der Waals surface area (Å²) in [4.78, 5) is 36.6. The van der Waals surface area contributed by atoms with Crippen LogP contribution in [0.5, 0.6) is 0 Å². The van der Waals surface area contributed by atoms with Crippen molar-refractivity contribution in [2.45, 2.75) is 193 Å². The van der Waals surface area contributed by atoms with Crippen LogP contribution < -0.4 is 0 Å². The SMILES string of the molecule is CCCCCCCCCCCCCCC(=O)OCC(OC(=O)CCCCCCCCCCCCCC)C1OC(=O)C(O)=C1O. The zero-order valence-corrected chi connectivity index (χ0v) is 28.1. The Kier molecular flexibility index (Phi) is 24.5. The molecule has 2 N–H and O–H groups in total. The van der Waals surface area contributed by atoms with Gasteiger partial charge in [-0.05, 0) is 12.8 Å². The Morgan fingerprint density at radius 3 is 1.34 bits per heavy atom. The van der Waals surface area contributed by atoms with E-state index in [-0.39, 0.29) is 19.4 Å². The molecule has 1 heterocycles. The van der Waals surface area contributed by atoms with Crippen LogP contribution in [0.15, 0.2) is 11.5 Å². The second-order valence-electron chi connectivity index (χ2n) is 12.5. The summed E-state index contributed by atoms with van der Waals surface area (Å²) in [5.41, 5.74) is 0. The van der Waals surface area contributed by atoms with Crippen LogP contribution in [0.25, 0.3) is 0 Å². The van der Waals surface area contributed by atoms with Crippen molar-refractivity contribution >= 4 is 17.9 Å². The van der Waals surface area contributed by atoms with Crippen LogP contribution in [-0.2, 0) is 28.6 Å². The molecule has 256 valence electrons. The molecule has 0 aromatic carbocycles. The summed E-state index contributed by atoms with van der Waals surface area (Å²) in [6, 6.07) is 0. The molecule has 0 aromatic rings. The molecule has 8 heteroatoms. The molecule has 0 saturated heterocycles. The summed E-state index contributed by atoms with van der Waals surface area (Å²) in [5.74, 6) is -3.68. The topological polar surface area (TPSA) is 119 Å². The first-order chi connectivity index (χ1) is 21.4. The van der Waals surface area contributed by atoms with Gasteiger partial charge < -0.3 is 24.4 Å². The number of esters is 3. The first-order valence-electron chi connectivity index (χ1n) is 18.1. The van der Waals surface area contributed by atoms with Gasteiger partial charge in [0, 0.05) is 12.8 Å². The normalized spacial score (nSPS) is 15.4. The Hall–Kier alpha value is -2.25. The summed E-state index contributed by atoms with van der Waals surface area (Å²) < 4.78 is 15.8. The number of unbranched alkanes of at least 4 members (excludes halogenated alkanes) is 22. The van der Waals surface area contributed by atoms with E-state index in [9.17, 15) is 24.6 Å². The maximum Gasteiger partial charge on any atom is 0.378 e. The predicted molar refractivity (Wildman–Crippen MR) is 174 cm³/mol. The fourth-order valence-corrected chi connectivity index (χ4v) is 5.60. The molecular weight excluding hydrogens is 560 g/mol. The molecule has 0 aromatic heterocycles. The number of rotatable bonds is 30. The number of aliphatic hydroxyl groups is 2. The number of aliphatic hydroxyl groups excluding tert-OH is 2. The number of cyclic esters (lactones) is 1. The molecule has 0 radical (unpaired) electrons. The molecule has 1 rings (SSSR count). The van der Waals surface area contributed by atoms with Crippen molar-refractivity contribution in [3.8, 4) is 0 Å². The molecule has 2 unspecified atom stereocenters. The average Bonchev–Trinajstić information content (AvgIpc) is 3.27. The standard InChI is InChI=1S/C36H64O8/c1-3-5-7-9-11-13-15-17-19-21-23-25-27-31(37)42-29-30(35-33(39)34(40)36(41)44-35)43-32(38)28-26-24-22-20-18-16-14-12-10-8-6-4-2/h30,35,39-40H,3-29H2,1-2H3. The van der Waals surface area contributed by atoms with Gasteiger partial charge in [0.2, 0.25) is 11.9 Å². The second-order valence-corrected chi connectivity index (χ2v) is 12.5. The molecule has 0 fully saturated rings. The van der Waals surface area contributed by atoms with Crippen LogP contribution in [0, 0.1) is 0 Å². The number of carbonyl (C=O) groups excluding carboxylic acids is 3. The maximum atomic E-state index is 12.5. The van der Waals surface area contributed by atoms with E-state index in [4.69, 9.17) is 14.2 Å². The highest BCUT2D eigenvalue weighted by atomic mass is 16.6. The highest BCUT2D eigenvalue weighted by molar-refractivity contribution is 5.89. The fourth-order valence-electron chi connectivity index (χ4n) is 5.60. The monoisotopic (exact) mass is 624 g/mol. The van der Waals surface area contributed by atoms with Crippen LogP contribution in [0.4, 0.5) is 0 Å². The van der Waals surface area contributed by atoms with Gasteiger partial charge in [0.25, 0.3) is 0 Å². The van der Waals surface area contributed by atoms with Crippen molar-refractivity contribution in [3.05, 3.63) is 11.5 Å². The van der Waals surface area contributed by atoms with Gasteiger partial charge in [0.05, 0.1) is 0 Å². The molecule has 1 aliphatic rings. The first-order valence-corrected chi connectivity index (χ1v) is 18.1. The van der Waals surface area contributed by atoms with Crippen LogP contribution in [0.1, 0.15) is 181 Å². The van der Waals surface area contributed by atoms with Gasteiger partial charge in [0.15, 0.2) is 11.9 Å². The molecule has 8 nitrogen and oxygen atoms in total.